The van der Waals surface area contributed by atoms with Gasteiger partial charge in [-0.05, 0) is 0 Å². The van der Waals surface area contributed by atoms with Gasteiger partial charge in [0.2, 0.25) is 0 Å². The van der Waals surface area contributed by atoms with Crippen LogP contribution in [0.3, 0.4) is 0 Å². The zero-order chi connectivity index (χ0) is 12.6. The fraction of sp³-hybridized carbons (Fsp3) is 0.400. The molecule has 0 spiro atoms. The number of rotatable bonds is 3. The lowest BCUT2D eigenvalue weighted by Crippen LogP contribution is -2.56. The number of anilines is 1. The molecule has 92 valence electrons. The molecule has 0 bridgehead atoms. The monoisotopic (exact) mass is 244 g/mol. The maximum Gasteiger partial charge on any atom is 0.358 e. The van der Waals surface area contributed by atoms with E-state index in [2.05, 4.69) is 4.98 Å². The predicted octanol–water partition coefficient (Wildman–Crippen LogP) is 1.24. The van der Waals surface area contributed by atoms with Gasteiger partial charge in [0.15, 0.2) is 11.4 Å². The molecular formula is C10H10F2N2O3. The van der Waals surface area contributed by atoms with Gasteiger partial charge in [-0.2, -0.15) is 0 Å². The van der Waals surface area contributed by atoms with Crippen molar-refractivity contribution in [1.29, 1.82) is 0 Å². The number of hydrogen-bond donors (Lipinski definition) is 1. The second kappa shape index (κ2) is 3.83. The van der Waals surface area contributed by atoms with Crippen LogP contribution in [0.2, 0.25) is 0 Å². The minimum atomic E-state index is -2.68. The van der Waals surface area contributed by atoms with Gasteiger partial charge in [-0.1, -0.05) is 0 Å². The van der Waals surface area contributed by atoms with E-state index >= 15 is 0 Å². The smallest absolute Gasteiger partial charge is 0.358 e. The number of carbonyl (C=O) groups is 1. The van der Waals surface area contributed by atoms with Crippen LogP contribution < -0.4 is 9.64 Å². The minimum absolute atomic E-state index is 0.0604. The van der Waals surface area contributed by atoms with Crippen molar-refractivity contribution >= 4 is 11.7 Å². The van der Waals surface area contributed by atoms with Crippen LogP contribution in [0.5, 0.6) is 5.75 Å². The maximum atomic E-state index is 12.7. The van der Waals surface area contributed by atoms with E-state index in [1.54, 1.807) is 0 Å². The summed E-state index contributed by atoms with van der Waals surface area (Å²) in [5.74, 6) is -3.84. The number of hydrogen-bond acceptors (Lipinski definition) is 4. The van der Waals surface area contributed by atoms with Crippen LogP contribution in [0.1, 0.15) is 10.5 Å². The lowest BCUT2D eigenvalue weighted by atomic mass is 10.1. The summed E-state index contributed by atoms with van der Waals surface area (Å²) in [6, 6.07) is 1.39. The summed E-state index contributed by atoms with van der Waals surface area (Å²) in [7, 11) is 1.30. The Balaban J connectivity index is 2.24. The molecule has 2 rings (SSSR count). The molecule has 1 aliphatic rings. The Bertz CT molecular complexity index is 457. The van der Waals surface area contributed by atoms with Crippen molar-refractivity contribution in [2.75, 3.05) is 25.1 Å². The summed E-state index contributed by atoms with van der Waals surface area (Å²) in [5.41, 5.74) is 0.196. The Morgan fingerprint density at radius 3 is 2.71 bits per heavy atom. The number of aromatic carboxylic acids is 1. The molecule has 5 nitrogen and oxygen atoms in total. The number of carboxylic acid groups (broad SMARTS) is 1. The molecule has 0 atom stereocenters. The molecule has 7 heteroatoms. The first kappa shape index (κ1) is 11.6. The van der Waals surface area contributed by atoms with E-state index in [1.807, 2.05) is 0 Å². The normalized spacial score (nSPS) is 17.5. The van der Waals surface area contributed by atoms with Crippen LogP contribution in [-0.4, -0.2) is 42.2 Å². The number of aromatic nitrogens is 1. The van der Waals surface area contributed by atoms with Crippen LogP contribution in [-0.2, 0) is 0 Å². The first-order valence-corrected chi connectivity index (χ1v) is 4.83. The fourth-order valence-corrected chi connectivity index (χ4v) is 1.62. The van der Waals surface area contributed by atoms with E-state index in [9.17, 15) is 13.6 Å². The van der Waals surface area contributed by atoms with Crippen molar-refractivity contribution in [3.8, 4) is 5.75 Å². The van der Waals surface area contributed by atoms with E-state index < -0.39 is 11.9 Å². The lowest BCUT2D eigenvalue weighted by molar-refractivity contribution is -0.0263. The van der Waals surface area contributed by atoms with Crippen molar-refractivity contribution < 1.29 is 23.4 Å². The molecule has 0 saturated carbocycles. The molecule has 1 saturated heterocycles. The molecule has 0 unspecified atom stereocenters. The zero-order valence-corrected chi connectivity index (χ0v) is 8.98. The van der Waals surface area contributed by atoms with E-state index in [0.717, 1.165) is 0 Å². The van der Waals surface area contributed by atoms with Crippen molar-refractivity contribution in [3.63, 3.8) is 0 Å². The number of methoxy groups -OCH3 is 1. The Labute approximate surface area is 95.6 Å². The van der Waals surface area contributed by atoms with Crippen LogP contribution in [0.25, 0.3) is 0 Å². The SMILES string of the molecule is COc1cc(N2CC(F)(F)C2)cnc1C(=O)O. The minimum Gasteiger partial charge on any atom is -0.494 e. The summed E-state index contributed by atoms with van der Waals surface area (Å²) in [4.78, 5) is 15.9. The van der Waals surface area contributed by atoms with Gasteiger partial charge in [-0.15, -0.1) is 0 Å². The Hall–Kier alpha value is -1.92. The summed E-state index contributed by atoms with van der Waals surface area (Å²) in [5, 5.41) is 8.80. The summed E-state index contributed by atoms with van der Waals surface area (Å²) < 4.78 is 30.2. The number of alkyl halides is 2. The Morgan fingerprint density at radius 2 is 2.24 bits per heavy atom. The van der Waals surface area contributed by atoms with Gasteiger partial charge >= 0.3 is 5.97 Å². The van der Waals surface area contributed by atoms with Gasteiger partial charge in [0.25, 0.3) is 5.92 Å². The molecule has 0 aliphatic carbocycles. The Kier molecular flexibility index (Phi) is 2.60. The molecule has 2 heterocycles. The molecule has 0 aromatic carbocycles. The molecule has 1 fully saturated rings. The average molecular weight is 244 g/mol. The number of ether oxygens (including phenoxy) is 1. The van der Waals surface area contributed by atoms with Gasteiger partial charge in [0.1, 0.15) is 0 Å². The summed E-state index contributed by atoms with van der Waals surface area (Å²) in [6.45, 7) is -0.769. The highest BCUT2D eigenvalue weighted by atomic mass is 19.3. The lowest BCUT2D eigenvalue weighted by Gasteiger charge is -2.40. The van der Waals surface area contributed by atoms with Crippen molar-refractivity contribution in [2.24, 2.45) is 0 Å². The predicted molar refractivity (Wildman–Crippen MR) is 54.9 cm³/mol. The third-order valence-corrected chi connectivity index (χ3v) is 2.47. The molecule has 1 N–H and O–H groups in total. The quantitative estimate of drug-likeness (QED) is 0.866. The van der Waals surface area contributed by atoms with E-state index in [1.165, 1.54) is 24.3 Å². The van der Waals surface area contributed by atoms with Crippen LogP contribution in [0.4, 0.5) is 14.5 Å². The molecule has 1 aromatic heterocycles. The van der Waals surface area contributed by atoms with Crippen molar-refractivity contribution in [2.45, 2.75) is 5.92 Å². The summed E-state index contributed by atoms with van der Waals surface area (Å²) >= 11 is 0. The highest BCUT2D eigenvalue weighted by Gasteiger charge is 2.44. The average Bonchev–Trinajstić information content (AvgIpc) is 2.24. The van der Waals surface area contributed by atoms with Gasteiger partial charge < -0.3 is 14.7 Å². The molecule has 0 amide bonds. The highest BCUT2D eigenvalue weighted by molar-refractivity contribution is 5.89. The second-order valence-electron chi connectivity index (χ2n) is 3.76. The number of halogens is 2. The fourth-order valence-electron chi connectivity index (χ4n) is 1.62. The molecule has 1 aliphatic heterocycles. The highest BCUT2D eigenvalue weighted by Crippen LogP contribution is 2.33. The number of nitrogens with zero attached hydrogens (tertiary/aromatic N) is 2. The maximum absolute atomic E-state index is 12.7. The van der Waals surface area contributed by atoms with E-state index in [0.29, 0.717) is 5.69 Å². The van der Waals surface area contributed by atoms with Crippen LogP contribution in [0, 0.1) is 0 Å². The van der Waals surface area contributed by atoms with E-state index in [4.69, 9.17) is 9.84 Å². The molecule has 1 aromatic rings. The zero-order valence-electron chi connectivity index (χ0n) is 8.98. The largest absolute Gasteiger partial charge is 0.494 e. The van der Waals surface area contributed by atoms with Gasteiger partial charge in [0, 0.05) is 6.07 Å². The molecule has 0 radical (unpaired) electrons. The van der Waals surface area contributed by atoms with Crippen molar-refractivity contribution in [3.05, 3.63) is 18.0 Å². The first-order valence-electron chi connectivity index (χ1n) is 4.83. The topological polar surface area (TPSA) is 62.7 Å². The van der Waals surface area contributed by atoms with Gasteiger partial charge in [0.05, 0.1) is 32.1 Å². The Morgan fingerprint density at radius 1 is 1.59 bits per heavy atom. The number of carboxylic acids is 1. The standard InChI is InChI=1S/C10H10F2N2O3/c1-17-7-2-6(3-13-8(7)9(15)16)14-4-10(11,12)5-14/h2-3H,4-5H2,1H3,(H,15,16). The van der Waals surface area contributed by atoms with Gasteiger partial charge in [-0.3, -0.25) is 0 Å². The molecular weight excluding hydrogens is 234 g/mol. The number of pyridine rings is 1. The van der Waals surface area contributed by atoms with E-state index in [-0.39, 0.29) is 24.5 Å². The van der Waals surface area contributed by atoms with Crippen LogP contribution in [0.15, 0.2) is 12.3 Å². The summed E-state index contributed by atoms with van der Waals surface area (Å²) in [6.07, 6.45) is 1.25. The first-order chi connectivity index (χ1) is 7.93. The van der Waals surface area contributed by atoms with Gasteiger partial charge in [-0.25, -0.2) is 18.6 Å². The third kappa shape index (κ3) is 2.13. The van der Waals surface area contributed by atoms with Crippen molar-refractivity contribution in [1.82, 2.24) is 4.98 Å². The molecule has 17 heavy (non-hydrogen) atoms. The third-order valence-electron chi connectivity index (χ3n) is 2.47. The second-order valence-corrected chi connectivity index (χ2v) is 3.76. The van der Waals surface area contributed by atoms with Crippen LogP contribution >= 0.6 is 0 Å².